The van der Waals surface area contributed by atoms with Gasteiger partial charge in [-0.3, -0.25) is 4.79 Å². The average molecular weight is 358 g/mol. The first-order valence-electron chi connectivity index (χ1n) is 8.58. The van der Waals surface area contributed by atoms with Gasteiger partial charge in [-0.1, -0.05) is 13.3 Å². The van der Waals surface area contributed by atoms with Crippen molar-refractivity contribution < 1.29 is 19.0 Å². The second-order valence-corrected chi connectivity index (χ2v) is 5.77. The van der Waals surface area contributed by atoms with E-state index < -0.39 is 0 Å². The standard InChI is InChI=1S/C20H26N2O4/c1-5-6-7-19(23)22-15-10-8-14(9-11-15)21-16-12-17(24-2)20(26-4)18(13-16)25-3/h8-13,21H,5-7H2,1-4H3,(H,22,23). The zero-order valence-electron chi connectivity index (χ0n) is 15.7. The Morgan fingerprint density at radius 2 is 1.46 bits per heavy atom. The molecule has 0 aliphatic rings. The normalized spacial score (nSPS) is 10.2. The number of benzene rings is 2. The van der Waals surface area contributed by atoms with Crippen molar-refractivity contribution in [3.63, 3.8) is 0 Å². The number of carbonyl (C=O) groups excluding carboxylic acids is 1. The summed E-state index contributed by atoms with van der Waals surface area (Å²) in [5.74, 6) is 1.74. The van der Waals surface area contributed by atoms with E-state index in [-0.39, 0.29) is 5.91 Å². The largest absolute Gasteiger partial charge is 0.493 e. The van der Waals surface area contributed by atoms with Crippen LogP contribution in [0, 0.1) is 0 Å². The summed E-state index contributed by atoms with van der Waals surface area (Å²) in [6, 6.07) is 11.2. The molecule has 0 fully saturated rings. The molecule has 2 aromatic carbocycles. The molecule has 2 rings (SSSR count). The molecule has 6 heteroatoms. The second kappa shape index (κ2) is 9.56. The van der Waals surface area contributed by atoms with Crippen LogP contribution in [0.15, 0.2) is 36.4 Å². The SMILES string of the molecule is CCCCC(=O)Nc1ccc(Nc2cc(OC)c(OC)c(OC)c2)cc1. The van der Waals surface area contributed by atoms with Crippen LogP contribution in [-0.2, 0) is 4.79 Å². The van der Waals surface area contributed by atoms with Crippen LogP contribution in [0.25, 0.3) is 0 Å². The van der Waals surface area contributed by atoms with Crippen LogP contribution in [0.4, 0.5) is 17.1 Å². The quantitative estimate of drug-likeness (QED) is 0.686. The Bertz CT molecular complexity index is 704. The van der Waals surface area contributed by atoms with Crippen LogP contribution in [0.1, 0.15) is 26.2 Å². The van der Waals surface area contributed by atoms with Crippen LogP contribution in [-0.4, -0.2) is 27.2 Å². The number of carbonyl (C=O) groups is 1. The highest BCUT2D eigenvalue weighted by molar-refractivity contribution is 5.90. The van der Waals surface area contributed by atoms with Crippen LogP contribution < -0.4 is 24.8 Å². The van der Waals surface area contributed by atoms with Gasteiger partial charge in [0.05, 0.1) is 21.3 Å². The van der Waals surface area contributed by atoms with E-state index in [0.717, 1.165) is 29.9 Å². The van der Waals surface area contributed by atoms with Crippen molar-refractivity contribution in [2.45, 2.75) is 26.2 Å². The molecule has 0 aliphatic heterocycles. The van der Waals surface area contributed by atoms with E-state index in [0.29, 0.717) is 23.7 Å². The molecular weight excluding hydrogens is 332 g/mol. The molecule has 1 amide bonds. The van der Waals surface area contributed by atoms with E-state index in [1.54, 1.807) is 21.3 Å². The van der Waals surface area contributed by atoms with Crippen molar-refractivity contribution >= 4 is 23.0 Å². The second-order valence-electron chi connectivity index (χ2n) is 5.77. The summed E-state index contributed by atoms with van der Waals surface area (Å²) >= 11 is 0. The minimum Gasteiger partial charge on any atom is -0.493 e. The number of nitrogens with one attached hydrogen (secondary N) is 2. The van der Waals surface area contributed by atoms with Crippen molar-refractivity contribution in [2.75, 3.05) is 32.0 Å². The number of hydrogen-bond acceptors (Lipinski definition) is 5. The fourth-order valence-electron chi connectivity index (χ4n) is 2.52. The Morgan fingerprint density at radius 1 is 0.885 bits per heavy atom. The highest BCUT2D eigenvalue weighted by Gasteiger charge is 2.13. The van der Waals surface area contributed by atoms with Crippen molar-refractivity contribution in [2.24, 2.45) is 0 Å². The predicted molar refractivity (Wildman–Crippen MR) is 104 cm³/mol. The number of ether oxygens (including phenoxy) is 3. The number of anilines is 3. The molecule has 0 spiro atoms. The number of unbranched alkanes of at least 4 members (excludes halogenated alkanes) is 1. The Morgan fingerprint density at radius 3 is 1.96 bits per heavy atom. The minimum atomic E-state index is 0.0391. The van der Waals surface area contributed by atoms with E-state index in [1.807, 2.05) is 36.4 Å². The van der Waals surface area contributed by atoms with Gasteiger partial charge < -0.3 is 24.8 Å². The molecule has 0 aromatic heterocycles. The van der Waals surface area contributed by atoms with Crippen LogP contribution in [0.3, 0.4) is 0 Å². The molecule has 0 bridgehead atoms. The topological polar surface area (TPSA) is 68.8 Å². The number of amides is 1. The highest BCUT2D eigenvalue weighted by Crippen LogP contribution is 2.40. The molecule has 0 unspecified atom stereocenters. The average Bonchev–Trinajstić information content (AvgIpc) is 2.67. The van der Waals surface area contributed by atoms with Crippen LogP contribution in [0.2, 0.25) is 0 Å². The van der Waals surface area contributed by atoms with Crippen molar-refractivity contribution in [1.29, 1.82) is 0 Å². The first-order valence-corrected chi connectivity index (χ1v) is 8.58. The van der Waals surface area contributed by atoms with E-state index in [2.05, 4.69) is 17.6 Å². The van der Waals surface area contributed by atoms with Crippen LogP contribution in [0.5, 0.6) is 17.2 Å². The Kier molecular flexibility index (Phi) is 7.14. The number of hydrogen-bond donors (Lipinski definition) is 2. The summed E-state index contributed by atoms with van der Waals surface area (Å²) < 4.78 is 16.0. The maximum atomic E-state index is 11.8. The summed E-state index contributed by atoms with van der Waals surface area (Å²) in [6.45, 7) is 2.07. The summed E-state index contributed by atoms with van der Waals surface area (Å²) in [6.07, 6.45) is 2.44. The molecule has 2 aromatic rings. The fourth-order valence-corrected chi connectivity index (χ4v) is 2.52. The summed E-state index contributed by atoms with van der Waals surface area (Å²) in [7, 11) is 4.73. The molecule has 26 heavy (non-hydrogen) atoms. The summed E-state index contributed by atoms with van der Waals surface area (Å²) in [5, 5.41) is 6.19. The van der Waals surface area contributed by atoms with Gasteiger partial charge in [-0.15, -0.1) is 0 Å². The first-order chi connectivity index (χ1) is 12.6. The lowest BCUT2D eigenvalue weighted by molar-refractivity contribution is -0.116. The Balaban J connectivity index is 2.10. The number of rotatable bonds is 9. The third-order valence-electron chi connectivity index (χ3n) is 3.88. The number of methoxy groups -OCH3 is 3. The first kappa shape index (κ1) is 19.4. The van der Waals surface area contributed by atoms with Gasteiger partial charge >= 0.3 is 0 Å². The van der Waals surface area contributed by atoms with Gasteiger partial charge in [-0.25, -0.2) is 0 Å². The maximum Gasteiger partial charge on any atom is 0.224 e. The molecule has 6 nitrogen and oxygen atoms in total. The van der Waals surface area contributed by atoms with Crippen LogP contribution >= 0.6 is 0 Å². The van der Waals surface area contributed by atoms with Gasteiger partial charge in [-0.05, 0) is 30.7 Å². The lowest BCUT2D eigenvalue weighted by Gasteiger charge is -2.15. The van der Waals surface area contributed by atoms with E-state index in [4.69, 9.17) is 14.2 Å². The maximum absolute atomic E-state index is 11.8. The zero-order valence-corrected chi connectivity index (χ0v) is 15.7. The molecule has 0 saturated heterocycles. The van der Waals surface area contributed by atoms with E-state index in [9.17, 15) is 4.79 Å². The van der Waals surface area contributed by atoms with Crippen molar-refractivity contribution in [1.82, 2.24) is 0 Å². The lowest BCUT2D eigenvalue weighted by atomic mass is 10.2. The van der Waals surface area contributed by atoms with Gasteiger partial charge in [-0.2, -0.15) is 0 Å². The van der Waals surface area contributed by atoms with E-state index in [1.165, 1.54) is 0 Å². The molecule has 0 aliphatic carbocycles. The van der Waals surface area contributed by atoms with Crippen molar-refractivity contribution in [3.8, 4) is 17.2 Å². The van der Waals surface area contributed by atoms with Crippen molar-refractivity contribution in [3.05, 3.63) is 36.4 Å². The van der Waals surface area contributed by atoms with Gasteiger partial charge in [0.25, 0.3) is 0 Å². The third-order valence-corrected chi connectivity index (χ3v) is 3.88. The van der Waals surface area contributed by atoms with Gasteiger partial charge in [0.1, 0.15) is 0 Å². The predicted octanol–water partition coefficient (Wildman–Crippen LogP) is 4.58. The molecule has 140 valence electrons. The summed E-state index contributed by atoms with van der Waals surface area (Å²) in [5.41, 5.74) is 2.46. The monoisotopic (exact) mass is 358 g/mol. The van der Waals surface area contributed by atoms with Gasteiger partial charge in [0, 0.05) is 35.6 Å². The lowest BCUT2D eigenvalue weighted by Crippen LogP contribution is -2.10. The molecule has 0 heterocycles. The Labute approximate surface area is 154 Å². The summed E-state index contributed by atoms with van der Waals surface area (Å²) in [4.78, 5) is 11.8. The molecule has 0 radical (unpaired) electrons. The fraction of sp³-hybridized carbons (Fsp3) is 0.350. The molecule has 0 saturated carbocycles. The third kappa shape index (κ3) is 5.05. The van der Waals surface area contributed by atoms with Gasteiger partial charge in [0.2, 0.25) is 11.7 Å². The smallest absolute Gasteiger partial charge is 0.224 e. The van der Waals surface area contributed by atoms with Gasteiger partial charge in [0.15, 0.2) is 11.5 Å². The minimum absolute atomic E-state index is 0.0391. The Hall–Kier alpha value is -2.89. The zero-order chi connectivity index (χ0) is 18.9. The highest BCUT2D eigenvalue weighted by atomic mass is 16.5. The molecule has 0 atom stereocenters. The molecule has 2 N–H and O–H groups in total. The van der Waals surface area contributed by atoms with E-state index >= 15 is 0 Å². The molecular formula is C20H26N2O4.